The minimum Gasteiger partial charge on any atom is -0.381 e. The van der Waals surface area contributed by atoms with E-state index in [-0.39, 0.29) is 0 Å². The first-order valence-corrected chi connectivity index (χ1v) is 6.72. The molecule has 2 heteroatoms. The number of methoxy groups -OCH3 is 1. The van der Waals surface area contributed by atoms with Gasteiger partial charge >= 0.3 is 0 Å². The molecule has 1 aliphatic carbocycles. The van der Waals surface area contributed by atoms with Crippen molar-refractivity contribution in [1.29, 1.82) is 0 Å². The monoisotopic (exact) mass is 227 g/mol. The molecule has 0 aromatic heterocycles. The van der Waals surface area contributed by atoms with Crippen LogP contribution in [0, 0.1) is 11.3 Å². The Morgan fingerprint density at radius 3 is 2.19 bits per heavy atom. The molecule has 0 atom stereocenters. The van der Waals surface area contributed by atoms with E-state index in [4.69, 9.17) is 4.74 Å². The zero-order valence-corrected chi connectivity index (χ0v) is 11.7. The maximum Gasteiger partial charge on any atom is 0.0572 e. The fraction of sp³-hybridized carbons (Fsp3) is 1.00. The van der Waals surface area contributed by atoms with Gasteiger partial charge in [-0.15, -0.1) is 0 Å². The van der Waals surface area contributed by atoms with Crippen molar-refractivity contribution in [2.45, 2.75) is 65.5 Å². The second-order valence-electron chi connectivity index (χ2n) is 6.23. The molecule has 0 aromatic carbocycles. The summed E-state index contributed by atoms with van der Waals surface area (Å²) in [4.78, 5) is 0. The van der Waals surface area contributed by atoms with Crippen LogP contribution < -0.4 is 5.32 Å². The second kappa shape index (κ2) is 6.02. The van der Waals surface area contributed by atoms with Crippen molar-refractivity contribution < 1.29 is 4.74 Å². The fourth-order valence-electron chi connectivity index (χ4n) is 2.11. The summed E-state index contributed by atoms with van der Waals surface area (Å²) in [6, 6.07) is 0.712. The standard InChI is InChI=1S/C14H29NO/c1-11(2)14(3,4)10-15-12-6-8-13(16-5)9-7-12/h11-13,15H,6-10H2,1-5H3. The first-order valence-electron chi connectivity index (χ1n) is 6.72. The van der Waals surface area contributed by atoms with Crippen LogP contribution >= 0.6 is 0 Å². The van der Waals surface area contributed by atoms with Gasteiger partial charge in [0.2, 0.25) is 0 Å². The Morgan fingerprint density at radius 1 is 1.19 bits per heavy atom. The zero-order chi connectivity index (χ0) is 12.2. The number of rotatable bonds is 5. The first kappa shape index (κ1) is 14.0. The molecule has 16 heavy (non-hydrogen) atoms. The van der Waals surface area contributed by atoms with Gasteiger partial charge in [-0.3, -0.25) is 0 Å². The summed E-state index contributed by atoms with van der Waals surface area (Å²) in [6.45, 7) is 10.5. The maximum atomic E-state index is 5.40. The van der Waals surface area contributed by atoms with E-state index in [0.29, 0.717) is 17.6 Å². The topological polar surface area (TPSA) is 21.3 Å². The van der Waals surface area contributed by atoms with Crippen molar-refractivity contribution in [3.05, 3.63) is 0 Å². The largest absolute Gasteiger partial charge is 0.381 e. The van der Waals surface area contributed by atoms with Crippen LogP contribution in [0.5, 0.6) is 0 Å². The lowest BCUT2D eigenvalue weighted by Crippen LogP contribution is -2.41. The summed E-state index contributed by atoms with van der Waals surface area (Å²) in [6.07, 6.45) is 5.49. The average molecular weight is 227 g/mol. The van der Waals surface area contributed by atoms with Crippen LogP contribution in [0.1, 0.15) is 53.4 Å². The van der Waals surface area contributed by atoms with Crippen LogP contribution in [-0.2, 0) is 4.74 Å². The van der Waals surface area contributed by atoms with E-state index in [2.05, 4.69) is 33.0 Å². The van der Waals surface area contributed by atoms with Gasteiger partial charge in [-0.1, -0.05) is 27.7 Å². The van der Waals surface area contributed by atoms with Crippen LogP contribution in [-0.4, -0.2) is 25.8 Å². The molecule has 0 aliphatic heterocycles. The fourth-order valence-corrected chi connectivity index (χ4v) is 2.11. The van der Waals surface area contributed by atoms with Crippen molar-refractivity contribution in [3.63, 3.8) is 0 Å². The SMILES string of the molecule is COC1CCC(NCC(C)(C)C(C)C)CC1. The van der Waals surface area contributed by atoms with Crippen molar-refractivity contribution in [3.8, 4) is 0 Å². The quantitative estimate of drug-likeness (QED) is 0.778. The average Bonchev–Trinajstić information content (AvgIpc) is 2.27. The summed E-state index contributed by atoms with van der Waals surface area (Å²) in [5, 5.41) is 3.73. The minimum absolute atomic E-state index is 0.401. The Kier molecular flexibility index (Phi) is 5.26. The Balaban J connectivity index is 2.24. The molecule has 0 radical (unpaired) electrons. The third-order valence-electron chi connectivity index (χ3n) is 4.42. The Labute approximate surface area is 101 Å². The second-order valence-corrected chi connectivity index (χ2v) is 6.23. The molecule has 1 fully saturated rings. The van der Waals surface area contributed by atoms with Gasteiger partial charge in [0.15, 0.2) is 0 Å². The smallest absolute Gasteiger partial charge is 0.0572 e. The molecule has 96 valence electrons. The molecule has 0 saturated heterocycles. The van der Waals surface area contributed by atoms with Gasteiger partial charge in [0.05, 0.1) is 6.10 Å². The number of nitrogens with one attached hydrogen (secondary N) is 1. The molecule has 2 nitrogen and oxygen atoms in total. The third-order valence-corrected chi connectivity index (χ3v) is 4.42. The maximum absolute atomic E-state index is 5.40. The molecule has 0 spiro atoms. The number of ether oxygens (including phenoxy) is 1. The lowest BCUT2D eigenvalue weighted by atomic mass is 9.80. The van der Waals surface area contributed by atoms with Crippen LogP contribution in [0.25, 0.3) is 0 Å². The normalized spacial score (nSPS) is 27.4. The van der Waals surface area contributed by atoms with E-state index in [0.717, 1.165) is 12.5 Å². The van der Waals surface area contributed by atoms with E-state index < -0.39 is 0 Å². The molecule has 0 heterocycles. The van der Waals surface area contributed by atoms with Crippen molar-refractivity contribution in [2.75, 3.05) is 13.7 Å². The number of hydrogen-bond acceptors (Lipinski definition) is 2. The van der Waals surface area contributed by atoms with Gasteiger partial charge in [0, 0.05) is 19.7 Å². The summed E-state index contributed by atoms with van der Waals surface area (Å²) >= 11 is 0. The zero-order valence-electron chi connectivity index (χ0n) is 11.7. The highest BCUT2D eigenvalue weighted by molar-refractivity contribution is 4.81. The molecule has 0 aromatic rings. The number of hydrogen-bond donors (Lipinski definition) is 1. The molecule has 0 bridgehead atoms. The molecular weight excluding hydrogens is 198 g/mol. The summed E-state index contributed by atoms with van der Waals surface area (Å²) in [5.74, 6) is 0.732. The highest BCUT2D eigenvalue weighted by Gasteiger charge is 2.25. The van der Waals surface area contributed by atoms with Gasteiger partial charge in [0.25, 0.3) is 0 Å². The molecule has 0 unspecified atom stereocenters. The van der Waals surface area contributed by atoms with E-state index in [1.54, 1.807) is 0 Å². The predicted octanol–water partition coefficient (Wildman–Crippen LogP) is 3.22. The van der Waals surface area contributed by atoms with Gasteiger partial charge in [-0.25, -0.2) is 0 Å². The lowest BCUT2D eigenvalue weighted by molar-refractivity contribution is 0.0605. The summed E-state index contributed by atoms with van der Waals surface area (Å²) in [5.41, 5.74) is 0.401. The highest BCUT2D eigenvalue weighted by Crippen LogP contribution is 2.26. The van der Waals surface area contributed by atoms with E-state index in [9.17, 15) is 0 Å². The van der Waals surface area contributed by atoms with Crippen LogP contribution in [0.4, 0.5) is 0 Å². The Hall–Kier alpha value is -0.0800. The predicted molar refractivity (Wildman–Crippen MR) is 69.7 cm³/mol. The van der Waals surface area contributed by atoms with Gasteiger partial charge in [0.1, 0.15) is 0 Å². The lowest BCUT2D eigenvalue weighted by Gasteiger charge is -2.34. The molecule has 1 saturated carbocycles. The van der Waals surface area contributed by atoms with Crippen molar-refractivity contribution in [1.82, 2.24) is 5.32 Å². The Morgan fingerprint density at radius 2 is 1.75 bits per heavy atom. The van der Waals surface area contributed by atoms with E-state index >= 15 is 0 Å². The molecule has 1 N–H and O–H groups in total. The summed E-state index contributed by atoms with van der Waals surface area (Å²) < 4.78 is 5.40. The van der Waals surface area contributed by atoms with Crippen LogP contribution in [0.15, 0.2) is 0 Å². The van der Waals surface area contributed by atoms with Crippen LogP contribution in [0.3, 0.4) is 0 Å². The van der Waals surface area contributed by atoms with Gasteiger partial charge < -0.3 is 10.1 Å². The van der Waals surface area contributed by atoms with Crippen molar-refractivity contribution in [2.24, 2.45) is 11.3 Å². The summed E-state index contributed by atoms with van der Waals surface area (Å²) in [7, 11) is 1.83. The van der Waals surface area contributed by atoms with E-state index in [1.165, 1.54) is 25.7 Å². The Bertz CT molecular complexity index is 193. The van der Waals surface area contributed by atoms with Gasteiger partial charge in [-0.2, -0.15) is 0 Å². The minimum atomic E-state index is 0.401. The molecule has 0 amide bonds. The third kappa shape index (κ3) is 4.06. The van der Waals surface area contributed by atoms with Crippen molar-refractivity contribution >= 4 is 0 Å². The molecular formula is C14H29NO. The molecule has 1 aliphatic rings. The van der Waals surface area contributed by atoms with Crippen LogP contribution in [0.2, 0.25) is 0 Å². The highest BCUT2D eigenvalue weighted by atomic mass is 16.5. The first-order chi connectivity index (χ1) is 7.45. The van der Waals surface area contributed by atoms with Gasteiger partial charge in [-0.05, 0) is 37.0 Å². The van der Waals surface area contributed by atoms with E-state index in [1.807, 2.05) is 7.11 Å². The molecule has 1 rings (SSSR count).